The van der Waals surface area contributed by atoms with Gasteiger partial charge in [-0.3, -0.25) is 4.79 Å². The number of hydrogen-bond donors (Lipinski definition) is 0. The molecule has 0 fully saturated rings. The van der Waals surface area contributed by atoms with Crippen LogP contribution < -0.4 is 5.56 Å². The van der Waals surface area contributed by atoms with Gasteiger partial charge in [0.15, 0.2) is 0 Å². The summed E-state index contributed by atoms with van der Waals surface area (Å²) in [6.07, 6.45) is 8.59. The molecule has 3 nitrogen and oxygen atoms in total. The minimum Gasteiger partial charge on any atom is -0.365 e. The molecule has 1 unspecified atom stereocenters. The van der Waals surface area contributed by atoms with Gasteiger partial charge in [0.25, 0.3) is 0 Å². The molecule has 1 aromatic heterocycles. The fourth-order valence-electron chi connectivity index (χ4n) is 2.81. The summed E-state index contributed by atoms with van der Waals surface area (Å²) in [6.45, 7) is 13.5. The van der Waals surface area contributed by atoms with Gasteiger partial charge in [-0.2, -0.15) is 0 Å². The van der Waals surface area contributed by atoms with E-state index in [1.54, 1.807) is 17.7 Å². The molecule has 1 atom stereocenters. The lowest BCUT2D eigenvalue weighted by Crippen LogP contribution is -2.50. The highest BCUT2D eigenvalue weighted by Crippen LogP contribution is 2.35. The van der Waals surface area contributed by atoms with E-state index < -0.39 is 0 Å². The first-order chi connectivity index (χ1) is 10.00. The van der Waals surface area contributed by atoms with Crippen molar-refractivity contribution in [3.05, 3.63) is 52.6 Å². The van der Waals surface area contributed by atoms with Crippen LogP contribution in [0.25, 0.3) is 5.57 Å². The first-order valence-corrected chi connectivity index (χ1v) is 7.86. The molecule has 0 bridgehead atoms. The lowest BCUT2D eigenvalue weighted by atomic mass is 9.81. The van der Waals surface area contributed by atoms with Gasteiger partial charge in [-0.1, -0.05) is 32.9 Å². The molecule has 1 aliphatic heterocycles. The number of aromatic nitrogens is 1. The van der Waals surface area contributed by atoms with Gasteiger partial charge in [0.05, 0.1) is 6.04 Å². The van der Waals surface area contributed by atoms with E-state index in [2.05, 4.69) is 64.8 Å². The predicted molar refractivity (Wildman–Crippen MR) is 93.6 cm³/mol. The maximum atomic E-state index is 11.6. The Morgan fingerprint density at radius 2 is 1.68 bits per heavy atom. The van der Waals surface area contributed by atoms with Gasteiger partial charge in [0.1, 0.15) is 0 Å². The fourth-order valence-corrected chi connectivity index (χ4v) is 2.81. The topological polar surface area (TPSA) is 25.2 Å². The zero-order chi connectivity index (χ0) is 16.7. The van der Waals surface area contributed by atoms with Crippen molar-refractivity contribution in [2.75, 3.05) is 0 Å². The lowest BCUT2D eigenvalue weighted by Gasteiger charge is -2.47. The van der Waals surface area contributed by atoms with Crippen molar-refractivity contribution in [1.29, 1.82) is 0 Å². The summed E-state index contributed by atoms with van der Waals surface area (Å²) in [4.78, 5) is 14.0. The molecule has 3 heteroatoms. The average Bonchev–Trinajstić information content (AvgIpc) is 2.39. The number of allylic oxidation sites excluding steroid dienone is 2. The van der Waals surface area contributed by atoms with Crippen LogP contribution in [0.2, 0.25) is 0 Å². The largest absolute Gasteiger partial charge is 0.365 e. The van der Waals surface area contributed by atoms with Crippen LogP contribution in [0.1, 0.15) is 47.1 Å². The van der Waals surface area contributed by atoms with Crippen LogP contribution in [-0.2, 0) is 7.05 Å². The molecule has 0 aliphatic carbocycles. The summed E-state index contributed by atoms with van der Waals surface area (Å²) in [5.41, 5.74) is 2.43. The molecule has 2 rings (SSSR count). The quantitative estimate of drug-likeness (QED) is 0.788. The normalized spacial score (nSPS) is 19.3. The van der Waals surface area contributed by atoms with Gasteiger partial charge in [0, 0.05) is 31.0 Å². The molecule has 0 N–H and O–H groups in total. The van der Waals surface area contributed by atoms with E-state index >= 15 is 0 Å². The van der Waals surface area contributed by atoms with Crippen LogP contribution in [-0.4, -0.2) is 21.0 Å². The first-order valence-electron chi connectivity index (χ1n) is 7.86. The third-order valence-corrected chi connectivity index (χ3v) is 4.12. The molecule has 120 valence electrons. The Labute approximate surface area is 134 Å². The van der Waals surface area contributed by atoms with Gasteiger partial charge in [-0.05, 0) is 43.4 Å². The molecule has 0 aromatic carbocycles. The summed E-state index contributed by atoms with van der Waals surface area (Å²) in [6, 6.07) is 3.88. The Hall–Kier alpha value is -1.77. The lowest BCUT2D eigenvalue weighted by molar-refractivity contribution is 0.0985. The highest BCUT2D eigenvalue weighted by Gasteiger charge is 2.34. The zero-order valence-corrected chi connectivity index (χ0v) is 14.8. The number of pyridine rings is 1. The standard InChI is InChI=1S/C19H28N2O/c1-18(2,3)16-10-8-15(13-21(16)19(4,5)6)14-9-11-17(22)20(7)12-14/h8-13,16H,1-7H3. The summed E-state index contributed by atoms with van der Waals surface area (Å²) in [7, 11) is 1.79. The molecular weight excluding hydrogens is 272 g/mol. The van der Waals surface area contributed by atoms with Gasteiger partial charge in [0.2, 0.25) is 5.56 Å². The van der Waals surface area contributed by atoms with Crippen LogP contribution >= 0.6 is 0 Å². The third kappa shape index (κ3) is 3.34. The number of hydrogen-bond acceptors (Lipinski definition) is 2. The second-order valence-corrected chi connectivity index (χ2v) is 8.20. The Kier molecular flexibility index (Phi) is 4.12. The number of nitrogens with zero attached hydrogens (tertiary/aromatic N) is 2. The van der Waals surface area contributed by atoms with Crippen LogP contribution in [0.5, 0.6) is 0 Å². The molecule has 0 saturated carbocycles. The monoisotopic (exact) mass is 300 g/mol. The Morgan fingerprint density at radius 3 is 2.18 bits per heavy atom. The van der Waals surface area contributed by atoms with E-state index in [9.17, 15) is 4.79 Å². The molecule has 2 heterocycles. The van der Waals surface area contributed by atoms with Gasteiger partial charge < -0.3 is 9.47 Å². The summed E-state index contributed by atoms with van der Waals surface area (Å²) < 4.78 is 1.63. The second-order valence-electron chi connectivity index (χ2n) is 8.20. The minimum absolute atomic E-state index is 0.0179. The second kappa shape index (κ2) is 5.45. The van der Waals surface area contributed by atoms with Crippen molar-refractivity contribution in [3.63, 3.8) is 0 Å². The highest BCUT2D eigenvalue weighted by atomic mass is 16.1. The van der Waals surface area contributed by atoms with Gasteiger partial charge in [-0.15, -0.1) is 0 Å². The first kappa shape index (κ1) is 16.6. The fraction of sp³-hybridized carbons (Fsp3) is 0.526. The molecule has 0 saturated heterocycles. The third-order valence-electron chi connectivity index (χ3n) is 4.12. The van der Waals surface area contributed by atoms with E-state index in [1.807, 2.05) is 12.3 Å². The van der Waals surface area contributed by atoms with Crippen molar-refractivity contribution in [2.45, 2.75) is 53.1 Å². The van der Waals surface area contributed by atoms with Crippen molar-refractivity contribution in [2.24, 2.45) is 12.5 Å². The minimum atomic E-state index is 0.0179. The van der Waals surface area contributed by atoms with E-state index in [4.69, 9.17) is 0 Å². The van der Waals surface area contributed by atoms with E-state index in [-0.39, 0.29) is 16.5 Å². The molecule has 0 spiro atoms. The van der Waals surface area contributed by atoms with Crippen molar-refractivity contribution >= 4 is 5.57 Å². The maximum absolute atomic E-state index is 11.6. The van der Waals surface area contributed by atoms with Crippen LogP contribution in [0.4, 0.5) is 0 Å². The number of aryl methyl sites for hydroxylation is 1. The van der Waals surface area contributed by atoms with Crippen molar-refractivity contribution in [1.82, 2.24) is 9.47 Å². The highest BCUT2D eigenvalue weighted by molar-refractivity contribution is 5.74. The summed E-state index contributed by atoms with van der Waals surface area (Å²) in [5.74, 6) is 0. The smallest absolute Gasteiger partial charge is 0.250 e. The molecule has 22 heavy (non-hydrogen) atoms. The molecule has 1 aliphatic rings. The zero-order valence-electron chi connectivity index (χ0n) is 14.8. The predicted octanol–water partition coefficient (Wildman–Crippen LogP) is 3.81. The van der Waals surface area contributed by atoms with Crippen molar-refractivity contribution < 1.29 is 0 Å². The summed E-state index contributed by atoms with van der Waals surface area (Å²) >= 11 is 0. The maximum Gasteiger partial charge on any atom is 0.250 e. The summed E-state index contributed by atoms with van der Waals surface area (Å²) in [5, 5.41) is 0. The van der Waals surface area contributed by atoms with Crippen LogP contribution in [0.15, 0.2) is 41.5 Å². The Bertz CT molecular complexity index is 666. The van der Waals surface area contributed by atoms with E-state index in [0.29, 0.717) is 6.04 Å². The Morgan fingerprint density at radius 1 is 1.05 bits per heavy atom. The molecule has 1 aromatic rings. The van der Waals surface area contributed by atoms with E-state index in [1.165, 1.54) is 0 Å². The van der Waals surface area contributed by atoms with Crippen LogP contribution in [0, 0.1) is 5.41 Å². The SMILES string of the molecule is Cn1cc(C2=CN(C(C)(C)C)C(C(C)(C)C)C=C2)ccc1=O. The molecule has 0 amide bonds. The van der Waals surface area contributed by atoms with Gasteiger partial charge >= 0.3 is 0 Å². The van der Waals surface area contributed by atoms with E-state index in [0.717, 1.165) is 11.1 Å². The Balaban J connectivity index is 2.47. The molecular formula is C19H28N2O. The molecule has 0 radical (unpaired) electrons. The van der Waals surface area contributed by atoms with Crippen LogP contribution in [0.3, 0.4) is 0 Å². The average molecular weight is 300 g/mol. The van der Waals surface area contributed by atoms with Crippen molar-refractivity contribution in [3.8, 4) is 0 Å². The van der Waals surface area contributed by atoms with Gasteiger partial charge in [-0.25, -0.2) is 0 Å². The number of rotatable bonds is 1.